The number of nitrogens with zero attached hydrogens (tertiary/aromatic N) is 2. The SMILES string of the molecule is COc1ccc2[nH]cc(/C=C(\NC(=O)c3ccccc3)C(=O)N3CCN(c4ccccc4F)CC3)c2c1. The smallest absolute Gasteiger partial charge is 0.270 e. The van der Waals surface area contributed by atoms with Crippen LogP contribution >= 0.6 is 0 Å². The van der Waals surface area contributed by atoms with E-state index in [0.717, 1.165) is 16.5 Å². The van der Waals surface area contributed by atoms with Crippen molar-refractivity contribution in [2.24, 2.45) is 0 Å². The van der Waals surface area contributed by atoms with Crippen LogP contribution in [-0.4, -0.2) is 55.0 Å². The lowest BCUT2D eigenvalue weighted by molar-refractivity contribution is -0.127. The fourth-order valence-corrected chi connectivity index (χ4v) is 4.49. The van der Waals surface area contributed by atoms with Crippen LogP contribution in [0.2, 0.25) is 0 Å². The second-order valence-corrected chi connectivity index (χ2v) is 8.76. The summed E-state index contributed by atoms with van der Waals surface area (Å²) in [4.78, 5) is 33.5. The van der Waals surface area contributed by atoms with E-state index in [1.165, 1.54) is 6.07 Å². The molecule has 1 aliphatic heterocycles. The molecule has 0 saturated carbocycles. The Morgan fingerprint density at radius 3 is 2.43 bits per heavy atom. The highest BCUT2D eigenvalue weighted by atomic mass is 19.1. The van der Waals surface area contributed by atoms with Crippen molar-refractivity contribution in [2.75, 3.05) is 38.2 Å². The van der Waals surface area contributed by atoms with Crippen molar-refractivity contribution < 1.29 is 18.7 Å². The van der Waals surface area contributed by atoms with E-state index in [2.05, 4.69) is 10.3 Å². The summed E-state index contributed by atoms with van der Waals surface area (Å²) < 4.78 is 19.6. The van der Waals surface area contributed by atoms with Crippen molar-refractivity contribution in [1.29, 1.82) is 0 Å². The van der Waals surface area contributed by atoms with Gasteiger partial charge in [0.25, 0.3) is 11.8 Å². The molecule has 0 unspecified atom stereocenters. The minimum Gasteiger partial charge on any atom is -0.497 e. The topological polar surface area (TPSA) is 77.7 Å². The van der Waals surface area contributed by atoms with Crippen molar-refractivity contribution in [3.05, 3.63) is 102 Å². The van der Waals surface area contributed by atoms with Gasteiger partial charge in [0, 0.05) is 54.4 Å². The summed E-state index contributed by atoms with van der Waals surface area (Å²) in [6.45, 7) is 1.76. The second-order valence-electron chi connectivity index (χ2n) is 8.76. The molecule has 1 fully saturated rings. The van der Waals surface area contributed by atoms with Crippen LogP contribution in [-0.2, 0) is 4.79 Å². The van der Waals surface area contributed by atoms with Gasteiger partial charge in [-0.15, -0.1) is 0 Å². The van der Waals surface area contributed by atoms with Crippen LogP contribution in [0.15, 0.2) is 84.7 Å². The summed E-state index contributed by atoms with van der Waals surface area (Å²) >= 11 is 0. The van der Waals surface area contributed by atoms with Gasteiger partial charge in [0.15, 0.2) is 0 Å². The zero-order chi connectivity index (χ0) is 25.8. The van der Waals surface area contributed by atoms with Gasteiger partial charge < -0.3 is 24.8 Å². The Labute approximate surface area is 214 Å². The third kappa shape index (κ3) is 5.18. The van der Waals surface area contributed by atoms with Crippen LogP contribution in [0.25, 0.3) is 17.0 Å². The third-order valence-electron chi connectivity index (χ3n) is 6.50. The minimum absolute atomic E-state index is 0.164. The molecule has 0 atom stereocenters. The normalized spacial score (nSPS) is 14.1. The van der Waals surface area contributed by atoms with Crippen molar-refractivity contribution in [3.8, 4) is 5.75 Å². The standard InChI is InChI=1S/C29H27FN4O3/c1-37-22-11-12-25-23(18-22)21(19-31-25)17-26(32-28(35)20-7-3-2-4-8-20)29(36)34-15-13-33(14-16-34)27-10-6-5-9-24(27)30/h2-12,17-19,31H,13-16H2,1H3,(H,32,35)/b26-17-. The number of methoxy groups -OCH3 is 1. The zero-order valence-electron chi connectivity index (χ0n) is 20.4. The van der Waals surface area contributed by atoms with Gasteiger partial charge in [-0.25, -0.2) is 4.39 Å². The molecule has 5 rings (SSSR count). The molecule has 3 aromatic carbocycles. The molecule has 7 nitrogen and oxygen atoms in total. The number of hydrogen-bond acceptors (Lipinski definition) is 4. The number of anilines is 1. The first-order valence-electron chi connectivity index (χ1n) is 12.1. The molecular formula is C29H27FN4O3. The third-order valence-corrected chi connectivity index (χ3v) is 6.50. The molecule has 1 aromatic heterocycles. The van der Waals surface area contributed by atoms with Crippen LogP contribution in [0, 0.1) is 5.82 Å². The maximum atomic E-state index is 14.3. The van der Waals surface area contributed by atoms with Gasteiger partial charge in [-0.05, 0) is 48.5 Å². The molecule has 0 bridgehead atoms. The maximum Gasteiger partial charge on any atom is 0.270 e. The number of H-pyrrole nitrogens is 1. The van der Waals surface area contributed by atoms with Crippen LogP contribution in [0.3, 0.4) is 0 Å². The molecule has 0 spiro atoms. The number of ether oxygens (including phenoxy) is 1. The van der Waals surface area contributed by atoms with E-state index >= 15 is 0 Å². The number of amides is 2. The fraction of sp³-hybridized carbons (Fsp3) is 0.172. The Bertz CT molecular complexity index is 1460. The van der Waals surface area contributed by atoms with Gasteiger partial charge in [-0.1, -0.05) is 30.3 Å². The number of carbonyl (C=O) groups excluding carboxylic acids is 2. The van der Waals surface area contributed by atoms with E-state index in [9.17, 15) is 14.0 Å². The first kappa shape index (κ1) is 24.1. The van der Waals surface area contributed by atoms with Gasteiger partial charge in [0.05, 0.1) is 12.8 Å². The molecule has 4 aromatic rings. The number of aromatic amines is 1. The molecule has 1 aliphatic rings. The lowest BCUT2D eigenvalue weighted by atomic mass is 10.1. The Balaban J connectivity index is 1.42. The molecule has 188 valence electrons. The number of fused-ring (bicyclic) bond motifs is 1. The molecule has 2 heterocycles. The summed E-state index contributed by atoms with van der Waals surface area (Å²) in [5, 5.41) is 3.69. The maximum absolute atomic E-state index is 14.3. The number of aromatic nitrogens is 1. The van der Waals surface area contributed by atoms with Crippen LogP contribution in [0.1, 0.15) is 15.9 Å². The number of halogens is 1. The predicted molar refractivity (Wildman–Crippen MR) is 142 cm³/mol. The highest BCUT2D eigenvalue weighted by Gasteiger charge is 2.26. The lowest BCUT2D eigenvalue weighted by Gasteiger charge is -2.36. The van der Waals surface area contributed by atoms with E-state index in [0.29, 0.717) is 43.2 Å². The average molecular weight is 499 g/mol. The summed E-state index contributed by atoms with van der Waals surface area (Å²) in [6.07, 6.45) is 3.48. The van der Waals surface area contributed by atoms with Crippen molar-refractivity contribution in [1.82, 2.24) is 15.2 Å². The van der Waals surface area contributed by atoms with E-state index in [1.54, 1.807) is 66.7 Å². The van der Waals surface area contributed by atoms with Crippen LogP contribution in [0.5, 0.6) is 5.75 Å². The largest absolute Gasteiger partial charge is 0.497 e. The van der Waals surface area contributed by atoms with Crippen LogP contribution in [0.4, 0.5) is 10.1 Å². The first-order valence-corrected chi connectivity index (χ1v) is 12.1. The van der Waals surface area contributed by atoms with E-state index in [4.69, 9.17) is 4.74 Å². The Morgan fingerprint density at radius 1 is 0.973 bits per heavy atom. The summed E-state index contributed by atoms with van der Waals surface area (Å²) in [5.41, 5.74) is 2.76. The number of piperazine rings is 1. The number of hydrogen-bond donors (Lipinski definition) is 2. The number of carbonyl (C=O) groups is 2. The highest BCUT2D eigenvalue weighted by Crippen LogP contribution is 2.26. The summed E-state index contributed by atoms with van der Waals surface area (Å²) in [6, 6.07) is 21.0. The molecule has 0 radical (unpaired) electrons. The zero-order valence-corrected chi connectivity index (χ0v) is 20.4. The van der Waals surface area contributed by atoms with Gasteiger partial charge >= 0.3 is 0 Å². The second kappa shape index (κ2) is 10.6. The highest BCUT2D eigenvalue weighted by molar-refractivity contribution is 6.06. The number of benzene rings is 3. The average Bonchev–Trinajstić information content (AvgIpc) is 3.34. The molecule has 8 heteroatoms. The number of rotatable bonds is 6. The molecule has 2 N–H and O–H groups in total. The first-order chi connectivity index (χ1) is 18.0. The van der Waals surface area contributed by atoms with E-state index in [1.807, 2.05) is 29.2 Å². The van der Waals surface area contributed by atoms with E-state index in [-0.39, 0.29) is 23.3 Å². The van der Waals surface area contributed by atoms with Crippen molar-refractivity contribution >= 4 is 34.5 Å². The Morgan fingerprint density at radius 2 is 1.70 bits per heavy atom. The summed E-state index contributed by atoms with van der Waals surface area (Å²) in [5.74, 6) is -0.266. The summed E-state index contributed by atoms with van der Waals surface area (Å²) in [7, 11) is 1.60. The van der Waals surface area contributed by atoms with Gasteiger partial charge in [-0.3, -0.25) is 9.59 Å². The quantitative estimate of drug-likeness (QED) is 0.386. The van der Waals surface area contributed by atoms with Crippen LogP contribution < -0.4 is 15.0 Å². The number of para-hydroxylation sites is 1. The van der Waals surface area contributed by atoms with Crippen molar-refractivity contribution in [3.63, 3.8) is 0 Å². The van der Waals surface area contributed by atoms with Crippen molar-refractivity contribution in [2.45, 2.75) is 0 Å². The Kier molecular flexibility index (Phi) is 6.89. The molecule has 37 heavy (non-hydrogen) atoms. The minimum atomic E-state index is -0.373. The fourth-order valence-electron chi connectivity index (χ4n) is 4.49. The van der Waals surface area contributed by atoms with E-state index < -0.39 is 0 Å². The van der Waals surface area contributed by atoms with Gasteiger partial charge in [0.1, 0.15) is 17.3 Å². The molecular weight excluding hydrogens is 471 g/mol. The van der Waals surface area contributed by atoms with Gasteiger partial charge in [0.2, 0.25) is 0 Å². The van der Waals surface area contributed by atoms with Gasteiger partial charge in [-0.2, -0.15) is 0 Å². The molecule has 1 saturated heterocycles. The molecule has 2 amide bonds. The lowest BCUT2D eigenvalue weighted by Crippen LogP contribution is -2.50. The predicted octanol–water partition coefficient (Wildman–Crippen LogP) is 4.44. The monoisotopic (exact) mass is 498 g/mol. The number of nitrogens with one attached hydrogen (secondary N) is 2. The molecule has 0 aliphatic carbocycles. The Hall–Kier alpha value is -4.59.